The van der Waals surface area contributed by atoms with Gasteiger partial charge < -0.3 is 47.6 Å². The van der Waals surface area contributed by atoms with Gasteiger partial charge in [-0.3, -0.25) is 14.7 Å². The minimum absolute atomic E-state index is 0.351. The van der Waals surface area contributed by atoms with Gasteiger partial charge in [0.2, 0.25) is 17.6 Å². The smallest absolute Gasteiger partial charge is 0.476 e. The van der Waals surface area contributed by atoms with Crippen molar-refractivity contribution in [3.05, 3.63) is 55.0 Å². The van der Waals surface area contributed by atoms with Crippen molar-refractivity contribution in [1.82, 2.24) is 29.7 Å². The minimum Gasteiger partial charge on any atom is -0.476 e. The van der Waals surface area contributed by atoms with Crippen LogP contribution >= 0.6 is 0 Å². The van der Waals surface area contributed by atoms with E-state index in [1.807, 2.05) is 0 Å². The Morgan fingerprint density at radius 2 is 0.846 bits per heavy atom. The highest BCUT2D eigenvalue weighted by Gasteiger charge is 2.34. The molecular weight excluding hydrogens is 673 g/mol. The van der Waals surface area contributed by atoms with E-state index in [0.29, 0.717) is 93.5 Å². The van der Waals surface area contributed by atoms with Crippen molar-refractivity contribution in [3.63, 3.8) is 0 Å². The number of hydrogen-bond donors (Lipinski definition) is 2. The first-order valence-electron chi connectivity index (χ1n) is 17.9. The van der Waals surface area contributed by atoms with Crippen LogP contribution in [0.1, 0.15) is 0 Å². The van der Waals surface area contributed by atoms with Crippen LogP contribution in [0.25, 0.3) is 0 Å². The molecule has 0 spiro atoms. The molecule has 0 bridgehead atoms. The zero-order valence-electron chi connectivity index (χ0n) is 29.5. The van der Waals surface area contributed by atoms with Crippen molar-refractivity contribution in [3.8, 4) is 17.6 Å². The molecule has 0 aliphatic carbocycles. The molecule has 3 aromatic rings. The number of hydrogen-bond acceptors (Lipinski definition) is 16. The van der Waals surface area contributed by atoms with Crippen LogP contribution in [-0.2, 0) is 23.4 Å². The Bertz CT molecular complexity index is 1410. The third kappa shape index (κ3) is 12.4. The molecule has 0 radical (unpaired) electrons. The standard InChI is InChI=1S/C33H47B3N6O10/c43-34(28-1-4-37-31(25-28)48-22-13-40-7-16-45-17-8-40)51-36(30-3-6-39-33(27-30)50-24-15-42-11-20-47-21-12-42)52-35(44)29-2-5-38-32(26-29)49-23-14-41-9-18-46-19-10-41/h1-6,25-27,43-44H,7-24H2. The fraction of sp³-hybridized carbons (Fsp3) is 0.545. The van der Waals surface area contributed by atoms with Gasteiger partial charge in [0, 0.05) is 89.6 Å². The number of nitrogens with zero attached hydrogens (tertiary/aromatic N) is 6. The maximum atomic E-state index is 11.3. The number of morpholine rings is 3. The van der Waals surface area contributed by atoms with Gasteiger partial charge in [-0.05, 0) is 40.7 Å². The molecule has 3 aliphatic heterocycles. The van der Waals surface area contributed by atoms with Gasteiger partial charge in [0.05, 0.1) is 39.6 Å². The van der Waals surface area contributed by atoms with E-state index in [-0.39, 0.29) is 0 Å². The van der Waals surface area contributed by atoms with Gasteiger partial charge in [0.1, 0.15) is 19.8 Å². The van der Waals surface area contributed by atoms with E-state index in [2.05, 4.69) is 29.7 Å². The Labute approximate surface area is 305 Å². The van der Waals surface area contributed by atoms with E-state index in [1.165, 1.54) is 0 Å². The van der Waals surface area contributed by atoms with E-state index in [1.54, 1.807) is 55.0 Å². The average Bonchev–Trinajstić information content (AvgIpc) is 3.19. The predicted octanol–water partition coefficient (Wildman–Crippen LogP) is -2.49. The molecule has 3 fully saturated rings. The highest BCUT2D eigenvalue weighted by molar-refractivity contribution is 6.79. The summed E-state index contributed by atoms with van der Waals surface area (Å²) in [6, 6.07) is 9.84. The fourth-order valence-corrected chi connectivity index (χ4v) is 5.86. The summed E-state index contributed by atoms with van der Waals surface area (Å²) in [5.74, 6) is 1.05. The summed E-state index contributed by atoms with van der Waals surface area (Å²) in [4.78, 5) is 19.7. The molecule has 0 atom stereocenters. The lowest BCUT2D eigenvalue weighted by Crippen LogP contribution is -2.51. The molecule has 2 N–H and O–H groups in total. The minimum atomic E-state index is -1.46. The first-order valence-corrected chi connectivity index (χ1v) is 17.9. The van der Waals surface area contributed by atoms with Gasteiger partial charge in [-0.25, -0.2) is 15.0 Å². The average molecular weight is 720 g/mol. The third-order valence-electron chi connectivity index (χ3n) is 8.91. The molecule has 3 saturated heterocycles. The molecule has 3 aliphatic rings. The number of pyridine rings is 3. The third-order valence-corrected chi connectivity index (χ3v) is 8.91. The van der Waals surface area contributed by atoms with E-state index < -0.39 is 21.4 Å². The lowest BCUT2D eigenvalue weighted by molar-refractivity contribution is 0.0319. The number of rotatable bonds is 19. The van der Waals surface area contributed by atoms with Crippen LogP contribution in [0.4, 0.5) is 0 Å². The maximum absolute atomic E-state index is 11.3. The van der Waals surface area contributed by atoms with E-state index >= 15 is 0 Å². The van der Waals surface area contributed by atoms with E-state index in [9.17, 15) is 10.0 Å². The summed E-state index contributed by atoms with van der Waals surface area (Å²) in [7, 11) is -4.17. The molecule has 6 heterocycles. The van der Waals surface area contributed by atoms with Gasteiger partial charge >= 0.3 is 21.4 Å². The Morgan fingerprint density at radius 3 is 1.21 bits per heavy atom. The van der Waals surface area contributed by atoms with Crippen molar-refractivity contribution < 1.29 is 47.6 Å². The Balaban J connectivity index is 1.11. The van der Waals surface area contributed by atoms with Gasteiger partial charge in [-0.15, -0.1) is 0 Å². The molecule has 0 amide bonds. The Kier molecular flexibility index (Phi) is 15.3. The molecule has 16 nitrogen and oxygen atoms in total. The lowest BCUT2D eigenvalue weighted by Gasteiger charge is -2.26. The Morgan fingerprint density at radius 1 is 0.519 bits per heavy atom. The molecule has 0 aromatic carbocycles. The molecular formula is C33H47B3N6O10. The molecule has 0 saturated carbocycles. The molecule has 0 unspecified atom stereocenters. The van der Waals surface area contributed by atoms with Crippen molar-refractivity contribution >= 4 is 37.7 Å². The second-order valence-corrected chi connectivity index (χ2v) is 12.5. The molecule has 3 aromatic heterocycles. The summed E-state index contributed by atoms with van der Waals surface area (Å²) in [5, 5.41) is 22.6. The van der Waals surface area contributed by atoms with E-state index in [4.69, 9.17) is 37.6 Å². The van der Waals surface area contributed by atoms with Crippen LogP contribution in [0.2, 0.25) is 0 Å². The quantitative estimate of drug-likeness (QED) is 0.125. The summed E-state index contributed by atoms with van der Waals surface area (Å²) in [6.07, 6.45) is 4.65. The first kappa shape index (κ1) is 38.4. The van der Waals surface area contributed by atoms with Crippen LogP contribution in [-0.4, -0.2) is 179 Å². The largest absolute Gasteiger partial charge is 0.477 e. The summed E-state index contributed by atoms with van der Waals surface area (Å²) in [6.45, 7) is 12.8. The zero-order valence-corrected chi connectivity index (χ0v) is 29.5. The van der Waals surface area contributed by atoms with Crippen molar-refractivity contribution in [2.75, 3.05) is 118 Å². The highest BCUT2D eigenvalue weighted by Crippen LogP contribution is 2.10. The lowest BCUT2D eigenvalue weighted by atomic mass is 9.67. The molecule has 52 heavy (non-hydrogen) atoms. The normalized spacial score (nSPS) is 17.4. The molecule has 19 heteroatoms. The van der Waals surface area contributed by atoms with Crippen LogP contribution < -0.4 is 30.6 Å². The number of aromatic nitrogens is 3. The summed E-state index contributed by atoms with van der Waals surface area (Å²) in [5.41, 5.74) is 1.27. The van der Waals surface area contributed by atoms with Crippen LogP contribution in [0.15, 0.2) is 55.0 Å². The first-order chi connectivity index (χ1) is 25.6. The van der Waals surface area contributed by atoms with Crippen molar-refractivity contribution in [1.29, 1.82) is 0 Å². The predicted molar refractivity (Wildman–Crippen MR) is 194 cm³/mol. The van der Waals surface area contributed by atoms with Crippen LogP contribution in [0, 0.1) is 0 Å². The van der Waals surface area contributed by atoms with Crippen LogP contribution in [0.3, 0.4) is 0 Å². The SMILES string of the molecule is OB(OB(OB(O)c1ccnc(OCCN2CCOCC2)c1)c1ccnc(OCCN2CCOCC2)c1)c1ccnc(OCCN2CCOCC2)c1. The van der Waals surface area contributed by atoms with Gasteiger partial charge in [0.25, 0.3) is 0 Å². The Hall–Kier alpha value is -3.36. The molecule has 6 rings (SSSR count). The van der Waals surface area contributed by atoms with Gasteiger partial charge in [-0.2, -0.15) is 0 Å². The van der Waals surface area contributed by atoms with E-state index in [0.717, 1.165) is 58.9 Å². The van der Waals surface area contributed by atoms with Gasteiger partial charge in [-0.1, -0.05) is 0 Å². The summed E-state index contributed by atoms with van der Waals surface area (Å²) >= 11 is 0. The highest BCUT2D eigenvalue weighted by atomic mass is 16.6. The topological polar surface area (TPSA) is 163 Å². The second-order valence-electron chi connectivity index (χ2n) is 12.5. The van der Waals surface area contributed by atoms with Crippen molar-refractivity contribution in [2.45, 2.75) is 0 Å². The van der Waals surface area contributed by atoms with Gasteiger partial charge in [0.15, 0.2) is 0 Å². The maximum Gasteiger partial charge on any atom is 0.477 e. The molecule has 278 valence electrons. The monoisotopic (exact) mass is 720 g/mol. The van der Waals surface area contributed by atoms with Crippen LogP contribution in [0.5, 0.6) is 17.6 Å². The van der Waals surface area contributed by atoms with Crippen molar-refractivity contribution in [2.24, 2.45) is 0 Å². The zero-order chi connectivity index (χ0) is 35.8. The second kappa shape index (κ2) is 20.8. The fourth-order valence-electron chi connectivity index (χ4n) is 5.86. The number of ether oxygens (including phenoxy) is 6. The summed E-state index contributed by atoms with van der Waals surface area (Å²) < 4.78 is 46.2.